The number of sulfonamides is 1. The zero-order valence-electron chi connectivity index (χ0n) is 12.9. The summed E-state index contributed by atoms with van der Waals surface area (Å²) >= 11 is 12.0. The van der Waals surface area contributed by atoms with Crippen molar-refractivity contribution in [2.75, 3.05) is 0 Å². The SMILES string of the molecule is NS(=O)(=O)c1ccc(-n2nc(-c3ccc(Cl)cc3Cl)cc2C(=O)O)cc1. The molecule has 134 valence electrons. The van der Waals surface area contributed by atoms with Gasteiger partial charge < -0.3 is 5.11 Å². The van der Waals surface area contributed by atoms with Crippen molar-refractivity contribution < 1.29 is 18.3 Å². The van der Waals surface area contributed by atoms with E-state index in [2.05, 4.69) is 5.10 Å². The Morgan fingerprint density at radius 2 is 1.73 bits per heavy atom. The van der Waals surface area contributed by atoms with Gasteiger partial charge in [0.15, 0.2) is 5.69 Å². The van der Waals surface area contributed by atoms with Crippen LogP contribution in [-0.4, -0.2) is 29.3 Å². The number of nitrogens with zero attached hydrogens (tertiary/aromatic N) is 2. The topological polar surface area (TPSA) is 115 Å². The highest BCUT2D eigenvalue weighted by atomic mass is 35.5. The summed E-state index contributed by atoms with van der Waals surface area (Å²) in [6.45, 7) is 0. The molecule has 26 heavy (non-hydrogen) atoms. The smallest absolute Gasteiger partial charge is 0.354 e. The van der Waals surface area contributed by atoms with Crippen molar-refractivity contribution in [3.63, 3.8) is 0 Å². The Bertz CT molecular complexity index is 1110. The lowest BCUT2D eigenvalue weighted by Crippen LogP contribution is -2.12. The number of benzene rings is 2. The summed E-state index contributed by atoms with van der Waals surface area (Å²) in [4.78, 5) is 11.5. The molecule has 0 radical (unpaired) electrons. The maximum absolute atomic E-state index is 11.6. The molecule has 0 amide bonds. The second-order valence-electron chi connectivity index (χ2n) is 5.29. The van der Waals surface area contributed by atoms with E-state index in [9.17, 15) is 18.3 Å². The molecule has 1 heterocycles. The zero-order chi connectivity index (χ0) is 19.1. The summed E-state index contributed by atoms with van der Waals surface area (Å²) < 4.78 is 23.9. The van der Waals surface area contributed by atoms with Crippen LogP contribution in [0.2, 0.25) is 10.0 Å². The van der Waals surface area contributed by atoms with E-state index < -0.39 is 16.0 Å². The summed E-state index contributed by atoms with van der Waals surface area (Å²) in [5.41, 5.74) is 1.08. The van der Waals surface area contributed by atoms with Crippen LogP contribution in [0.3, 0.4) is 0 Å². The molecule has 3 rings (SSSR count). The number of aromatic carboxylic acids is 1. The summed E-state index contributed by atoms with van der Waals surface area (Å²) in [5.74, 6) is -1.20. The van der Waals surface area contributed by atoms with Gasteiger partial charge in [-0.3, -0.25) is 0 Å². The average molecular weight is 412 g/mol. The fourth-order valence-corrected chi connectivity index (χ4v) is 3.36. The Morgan fingerprint density at radius 3 is 2.27 bits per heavy atom. The molecule has 1 aromatic heterocycles. The van der Waals surface area contributed by atoms with Crippen molar-refractivity contribution in [2.24, 2.45) is 5.14 Å². The largest absolute Gasteiger partial charge is 0.477 e. The molecule has 7 nitrogen and oxygen atoms in total. The molecule has 0 unspecified atom stereocenters. The molecule has 3 aromatic rings. The molecular formula is C16H11Cl2N3O4S. The lowest BCUT2D eigenvalue weighted by molar-refractivity contribution is 0.0687. The predicted molar refractivity (Wildman–Crippen MR) is 97.4 cm³/mol. The predicted octanol–water partition coefficient (Wildman–Crippen LogP) is 3.19. The minimum Gasteiger partial charge on any atom is -0.477 e. The van der Waals surface area contributed by atoms with Gasteiger partial charge in [0.25, 0.3) is 0 Å². The standard InChI is InChI=1S/C16H11Cl2N3O4S/c17-9-1-6-12(13(18)7-9)14-8-15(16(22)23)21(20-14)10-2-4-11(5-3-10)26(19,24)25/h1-8H,(H,22,23)(H2,19,24,25). The van der Waals surface area contributed by atoms with E-state index >= 15 is 0 Å². The normalized spacial score (nSPS) is 11.5. The lowest BCUT2D eigenvalue weighted by Gasteiger charge is -2.05. The van der Waals surface area contributed by atoms with Crippen LogP contribution in [0.1, 0.15) is 10.5 Å². The summed E-state index contributed by atoms with van der Waals surface area (Å²) in [5, 5.41) is 19.6. The first kappa shape index (κ1) is 18.4. The Hall–Kier alpha value is -2.39. The molecule has 0 aliphatic rings. The zero-order valence-corrected chi connectivity index (χ0v) is 15.3. The summed E-state index contributed by atoms with van der Waals surface area (Å²) in [6, 6.07) is 11.5. The van der Waals surface area contributed by atoms with Gasteiger partial charge in [-0.15, -0.1) is 0 Å². The number of aromatic nitrogens is 2. The number of hydrogen-bond acceptors (Lipinski definition) is 4. The number of carboxylic acid groups (broad SMARTS) is 1. The molecule has 0 aliphatic carbocycles. The quantitative estimate of drug-likeness (QED) is 0.683. The highest BCUT2D eigenvalue weighted by Gasteiger charge is 2.19. The van der Waals surface area contributed by atoms with E-state index in [1.54, 1.807) is 12.1 Å². The maximum Gasteiger partial charge on any atom is 0.354 e. The molecule has 0 saturated carbocycles. The third-order valence-corrected chi connectivity index (χ3v) is 5.02. The first-order chi connectivity index (χ1) is 12.2. The van der Waals surface area contributed by atoms with Crippen molar-refractivity contribution in [2.45, 2.75) is 4.90 Å². The van der Waals surface area contributed by atoms with Gasteiger partial charge in [0, 0.05) is 10.6 Å². The van der Waals surface area contributed by atoms with Crippen LogP contribution in [0.4, 0.5) is 0 Å². The van der Waals surface area contributed by atoms with Gasteiger partial charge in [-0.25, -0.2) is 23.0 Å². The van der Waals surface area contributed by atoms with Crippen LogP contribution in [0.15, 0.2) is 53.4 Å². The van der Waals surface area contributed by atoms with Gasteiger partial charge in [-0.2, -0.15) is 5.10 Å². The van der Waals surface area contributed by atoms with Crippen molar-refractivity contribution in [3.8, 4) is 16.9 Å². The monoisotopic (exact) mass is 411 g/mol. The second-order valence-corrected chi connectivity index (χ2v) is 7.70. The molecule has 0 saturated heterocycles. The maximum atomic E-state index is 11.6. The van der Waals surface area contributed by atoms with Gasteiger partial charge >= 0.3 is 5.97 Å². The third kappa shape index (κ3) is 3.58. The number of primary sulfonamides is 1. The molecule has 2 aromatic carbocycles. The highest BCUT2D eigenvalue weighted by molar-refractivity contribution is 7.89. The average Bonchev–Trinajstić information content (AvgIpc) is 2.99. The molecule has 0 fully saturated rings. The van der Waals surface area contributed by atoms with E-state index in [0.717, 1.165) is 0 Å². The first-order valence-corrected chi connectivity index (χ1v) is 9.39. The fourth-order valence-electron chi connectivity index (χ4n) is 2.34. The van der Waals surface area contributed by atoms with Gasteiger partial charge in [-0.05, 0) is 48.5 Å². The highest BCUT2D eigenvalue weighted by Crippen LogP contribution is 2.30. The number of hydrogen-bond donors (Lipinski definition) is 2. The number of halogens is 2. The van der Waals surface area contributed by atoms with E-state index in [0.29, 0.717) is 27.0 Å². The molecule has 10 heteroatoms. The summed E-state index contributed by atoms with van der Waals surface area (Å²) in [6.07, 6.45) is 0. The van der Waals surface area contributed by atoms with Crippen LogP contribution >= 0.6 is 23.2 Å². The summed E-state index contributed by atoms with van der Waals surface area (Å²) in [7, 11) is -3.85. The Kier molecular flexibility index (Phi) is 4.76. The second kappa shape index (κ2) is 6.73. The first-order valence-electron chi connectivity index (χ1n) is 7.09. The van der Waals surface area contributed by atoms with E-state index in [1.165, 1.54) is 41.1 Å². The van der Waals surface area contributed by atoms with Crippen LogP contribution in [-0.2, 0) is 10.0 Å². The van der Waals surface area contributed by atoms with Crippen LogP contribution in [0.25, 0.3) is 16.9 Å². The van der Waals surface area contributed by atoms with Crippen LogP contribution < -0.4 is 5.14 Å². The van der Waals surface area contributed by atoms with E-state index in [4.69, 9.17) is 28.3 Å². The van der Waals surface area contributed by atoms with Gasteiger partial charge in [-0.1, -0.05) is 23.2 Å². The number of nitrogens with two attached hydrogens (primary N) is 1. The number of rotatable bonds is 4. The van der Waals surface area contributed by atoms with E-state index in [-0.39, 0.29) is 10.6 Å². The van der Waals surface area contributed by atoms with Crippen LogP contribution in [0, 0.1) is 0 Å². The van der Waals surface area contributed by atoms with Crippen molar-refractivity contribution >= 4 is 39.2 Å². The molecule has 0 atom stereocenters. The van der Waals surface area contributed by atoms with Gasteiger partial charge in [0.1, 0.15) is 0 Å². The lowest BCUT2D eigenvalue weighted by atomic mass is 10.1. The number of carbonyl (C=O) groups is 1. The van der Waals surface area contributed by atoms with Gasteiger partial charge in [0.05, 0.1) is 21.3 Å². The molecular weight excluding hydrogens is 401 g/mol. The third-order valence-electron chi connectivity index (χ3n) is 3.55. The number of carboxylic acids is 1. The Labute approximate surface area is 158 Å². The minimum atomic E-state index is -3.85. The van der Waals surface area contributed by atoms with Gasteiger partial charge in [0.2, 0.25) is 10.0 Å². The molecule has 0 spiro atoms. The Morgan fingerprint density at radius 1 is 1.08 bits per heavy atom. The van der Waals surface area contributed by atoms with Crippen molar-refractivity contribution in [1.29, 1.82) is 0 Å². The minimum absolute atomic E-state index is 0.0914. The molecule has 0 bridgehead atoms. The Balaban J connectivity index is 2.13. The van der Waals surface area contributed by atoms with Crippen molar-refractivity contribution in [1.82, 2.24) is 9.78 Å². The fraction of sp³-hybridized carbons (Fsp3) is 0. The van der Waals surface area contributed by atoms with Crippen LogP contribution in [0.5, 0.6) is 0 Å². The molecule has 3 N–H and O–H groups in total. The van der Waals surface area contributed by atoms with Crippen molar-refractivity contribution in [3.05, 3.63) is 64.3 Å². The molecule has 0 aliphatic heterocycles. The van der Waals surface area contributed by atoms with E-state index in [1.807, 2.05) is 0 Å².